The molecule has 2 nitrogen and oxygen atoms in total. The minimum Gasteiger partial charge on any atom is -0.380 e. The van der Waals surface area contributed by atoms with Crippen molar-refractivity contribution in [2.45, 2.75) is 63.9 Å². The standard InChI is InChI=1S/C14H24O2/c1-16-14(11-7-3-2-4-8-11)12-9-5-6-10-13(12)15/h11-12,14H,2-10H2,1H3. The Morgan fingerprint density at radius 2 is 1.75 bits per heavy atom. The fourth-order valence-electron chi connectivity index (χ4n) is 3.51. The normalized spacial score (nSPS) is 30.3. The fraction of sp³-hybridized carbons (Fsp3) is 0.929. The lowest BCUT2D eigenvalue weighted by Crippen LogP contribution is -2.38. The number of methoxy groups -OCH3 is 1. The van der Waals surface area contributed by atoms with Crippen LogP contribution in [-0.2, 0) is 9.53 Å². The molecule has 2 rings (SSSR count). The minimum absolute atomic E-state index is 0.210. The van der Waals surface area contributed by atoms with Gasteiger partial charge in [0.05, 0.1) is 6.10 Å². The van der Waals surface area contributed by atoms with E-state index in [-0.39, 0.29) is 12.0 Å². The highest BCUT2D eigenvalue weighted by Gasteiger charge is 2.35. The van der Waals surface area contributed by atoms with Crippen LogP contribution in [0.1, 0.15) is 57.8 Å². The lowest BCUT2D eigenvalue weighted by atomic mass is 9.75. The van der Waals surface area contributed by atoms with E-state index in [1.807, 2.05) is 0 Å². The number of rotatable bonds is 3. The van der Waals surface area contributed by atoms with Crippen LogP contribution in [0, 0.1) is 11.8 Å². The van der Waals surface area contributed by atoms with Crippen LogP contribution in [0.5, 0.6) is 0 Å². The second kappa shape index (κ2) is 5.81. The average Bonchev–Trinajstić information content (AvgIpc) is 2.34. The summed E-state index contributed by atoms with van der Waals surface area (Å²) in [4.78, 5) is 12.0. The maximum absolute atomic E-state index is 12.0. The first kappa shape index (κ1) is 12.1. The van der Waals surface area contributed by atoms with E-state index in [4.69, 9.17) is 4.74 Å². The molecule has 0 radical (unpaired) electrons. The van der Waals surface area contributed by atoms with Crippen molar-refractivity contribution in [2.24, 2.45) is 11.8 Å². The second-order valence-electron chi connectivity index (χ2n) is 5.42. The molecule has 2 saturated carbocycles. The molecule has 0 spiro atoms. The average molecular weight is 224 g/mol. The van der Waals surface area contributed by atoms with Crippen molar-refractivity contribution >= 4 is 5.78 Å². The van der Waals surface area contributed by atoms with Gasteiger partial charge in [0.2, 0.25) is 0 Å². The Hall–Kier alpha value is -0.370. The van der Waals surface area contributed by atoms with E-state index in [0.29, 0.717) is 11.7 Å². The van der Waals surface area contributed by atoms with Crippen LogP contribution >= 0.6 is 0 Å². The molecule has 2 heteroatoms. The largest absolute Gasteiger partial charge is 0.380 e. The summed E-state index contributed by atoms with van der Waals surface area (Å²) in [6.07, 6.45) is 10.9. The maximum atomic E-state index is 12.0. The Kier molecular flexibility index (Phi) is 4.39. The van der Waals surface area contributed by atoms with E-state index in [1.54, 1.807) is 7.11 Å². The van der Waals surface area contributed by atoms with Crippen LogP contribution in [0.4, 0.5) is 0 Å². The van der Waals surface area contributed by atoms with Crippen molar-refractivity contribution in [3.8, 4) is 0 Å². The lowest BCUT2D eigenvalue weighted by Gasteiger charge is -2.35. The van der Waals surface area contributed by atoms with Crippen molar-refractivity contribution < 1.29 is 9.53 Å². The summed E-state index contributed by atoms with van der Waals surface area (Å²) in [5.41, 5.74) is 0. The smallest absolute Gasteiger partial charge is 0.138 e. The molecule has 2 atom stereocenters. The number of hydrogen-bond donors (Lipinski definition) is 0. The van der Waals surface area contributed by atoms with E-state index < -0.39 is 0 Å². The summed E-state index contributed by atoms with van der Waals surface area (Å²) in [5.74, 6) is 1.32. The van der Waals surface area contributed by atoms with Crippen molar-refractivity contribution in [1.82, 2.24) is 0 Å². The molecule has 2 unspecified atom stereocenters. The molecule has 0 aliphatic heterocycles. The SMILES string of the molecule is COC(C1CCCCC1)C1CCCCC1=O. The monoisotopic (exact) mass is 224 g/mol. The predicted molar refractivity (Wildman–Crippen MR) is 64.3 cm³/mol. The first-order valence-corrected chi connectivity index (χ1v) is 6.88. The molecule has 0 aromatic rings. The molecule has 0 aromatic carbocycles. The molecule has 0 bridgehead atoms. The first-order chi connectivity index (χ1) is 7.83. The Bertz CT molecular complexity index is 231. The quantitative estimate of drug-likeness (QED) is 0.735. The van der Waals surface area contributed by atoms with Crippen LogP contribution in [-0.4, -0.2) is 19.0 Å². The summed E-state index contributed by atoms with van der Waals surface area (Å²) < 4.78 is 5.68. The zero-order chi connectivity index (χ0) is 11.4. The second-order valence-corrected chi connectivity index (χ2v) is 5.42. The molecule has 0 amide bonds. The van der Waals surface area contributed by atoms with Gasteiger partial charge in [0.15, 0.2) is 0 Å². The Morgan fingerprint density at radius 3 is 2.38 bits per heavy atom. The topological polar surface area (TPSA) is 26.3 Å². The highest BCUT2D eigenvalue weighted by Crippen LogP contribution is 2.35. The third-order valence-electron chi connectivity index (χ3n) is 4.39. The van der Waals surface area contributed by atoms with Gasteiger partial charge in [-0.1, -0.05) is 25.7 Å². The highest BCUT2D eigenvalue weighted by molar-refractivity contribution is 5.82. The van der Waals surface area contributed by atoms with E-state index in [2.05, 4.69) is 0 Å². The molecular weight excluding hydrogens is 200 g/mol. The molecule has 0 heterocycles. The molecule has 2 fully saturated rings. The molecule has 0 aromatic heterocycles. The first-order valence-electron chi connectivity index (χ1n) is 6.88. The van der Waals surface area contributed by atoms with Gasteiger partial charge in [0, 0.05) is 19.4 Å². The number of hydrogen-bond acceptors (Lipinski definition) is 2. The number of ether oxygens (including phenoxy) is 1. The minimum atomic E-state index is 0.210. The van der Waals surface area contributed by atoms with Gasteiger partial charge in [0.25, 0.3) is 0 Å². The fourth-order valence-corrected chi connectivity index (χ4v) is 3.51. The van der Waals surface area contributed by atoms with Gasteiger partial charge in [-0.25, -0.2) is 0 Å². The summed E-state index contributed by atoms with van der Waals surface area (Å²) in [5, 5.41) is 0. The Labute approximate surface area is 98.7 Å². The third kappa shape index (κ3) is 2.65. The van der Waals surface area contributed by atoms with Crippen molar-refractivity contribution in [3.05, 3.63) is 0 Å². The van der Waals surface area contributed by atoms with Crippen molar-refractivity contribution in [3.63, 3.8) is 0 Å². The van der Waals surface area contributed by atoms with E-state index >= 15 is 0 Å². The lowest BCUT2D eigenvalue weighted by molar-refractivity contribution is -0.132. The van der Waals surface area contributed by atoms with Gasteiger partial charge in [-0.05, 0) is 31.6 Å². The predicted octanol–water partition coefficient (Wildman–Crippen LogP) is 3.34. The van der Waals surface area contributed by atoms with Crippen LogP contribution in [0.25, 0.3) is 0 Å². The van der Waals surface area contributed by atoms with E-state index in [0.717, 1.165) is 19.3 Å². The maximum Gasteiger partial charge on any atom is 0.138 e. The van der Waals surface area contributed by atoms with Gasteiger partial charge in [-0.15, -0.1) is 0 Å². The molecule has 92 valence electrons. The summed E-state index contributed by atoms with van der Waals surface area (Å²) in [7, 11) is 1.79. The third-order valence-corrected chi connectivity index (χ3v) is 4.39. The summed E-state index contributed by atoms with van der Waals surface area (Å²) in [6.45, 7) is 0. The van der Waals surface area contributed by atoms with Crippen LogP contribution < -0.4 is 0 Å². The number of ketones is 1. The number of carbonyl (C=O) groups excluding carboxylic acids is 1. The van der Waals surface area contributed by atoms with Crippen LogP contribution in [0.15, 0.2) is 0 Å². The highest BCUT2D eigenvalue weighted by atomic mass is 16.5. The number of carbonyl (C=O) groups is 1. The molecule has 16 heavy (non-hydrogen) atoms. The van der Waals surface area contributed by atoms with Crippen molar-refractivity contribution in [2.75, 3.05) is 7.11 Å². The zero-order valence-corrected chi connectivity index (χ0v) is 10.4. The number of Topliss-reactive ketones (excluding diaryl/α,β-unsaturated/α-hetero) is 1. The van der Waals surface area contributed by atoms with Crippen LogP contribution in [0.2, 0.25) is 0 Å². The Morgan fingerprint density at radius 1 is 1.06 bits per heavy atom. The molecule has 0 saturated heterocycles. The zero-order valence-electron chi connectivity index (χ0n) is 10.4. The van der Waals surface area contributed by atoms with Crippen LogP contribution in [0.3, 0.4) is 0 Å². The molecule has 2 aliphatic carbocycles. The van der Waals surface area contributed by atoms with Gasteiger partial charge in [-0.3, -0.25) is 4.79 Å². The van der Waals surface area contributed by atoms with Gasteiger partial charge in [-0.2, -0.15) is 0 Å². The van der Waals surface area contributed by atoms with E-state index in [9.17, 15) is 4.79 Å². The van der Waals surface area contributed by atoms with Gasteiger partial charge < -0.3 is 4.74 Å². The Balaban J connectivity index is 1.99. The van der Waals surface area contributed by atoms with E-state index in [1.165, 1.54) is 38.5 Å². The molecule has 2 aliphatic rings. The molecule has 0 N–H and O–H groups in total. The van der Waals surface area contributed by atoms with Crippen molar-refractivity contribution in [1.29, 1.82) is 0 Å². The van der Waals surface area contributed by atoms with Gasteiger partial charge >= 0.3 is 0 Å². The van der Waals surface area contributed by atoms with Gasteiger partial charge in [0.1, 0.15) is 5.78 Å². The molecular formula is C14H24O2. The summed E-state index contributed by atoms with van der Waals surface area (Å²) >= 11 is 0. The summed E-state index contributed by atoms with van der Waals surface area (Å²) in [6, 6.07) is 0.